The van der Waals surface area contributed by atoms with Crippen LogP contribution >= 0.6 is 11.6 Å². The van der Waals surface area contributed by atoms with Crippen LogP contribution in [0.4, 0.5) is 4.39 Å². The third-order valence-corrected chi connectivity index (χ3v) is 7.11. The molecule has 1 amide bonds. The number of hydrogen-bond acceptors (Lipinski definition) is 4. The summed E-state index contributed by atoms with van der Waals surface area (Å²) in [6, 6.07) is 20.7. The monoisotopic (exact) mass is 519 g/mol. The average Bonchev–Trinajstić information content (AvgIpc) is 3.32. The Kier molecular flexibility index (Phi) is 7.26. The second-order valence-corrected chi connectivity index (χ2v) is 9.47. The summed E-state index contributed by atoms with van der Waals surface area (Å²) < 4.78 is 21.0. The highest BCUT2D eigenvalue weighted by molar-refractivity contribution is 6.32. The Morgan fingerprint density at radius 3 is 2.73 bits per heavy atom. The molecule has 2 atom stereocenters. The maximum Gasteiger partial charge on any atom is 0.272 e. The maximum atomic E-state index is 13.9. The summed E-state index contributed by atoms with van der Waals surface area (Å²) >= 11 is 6.47. The lowest BCUT2D eigenvalue weighted by atomic mass is 9.82. The zero-order valence-electron chi connectivity index (χ0n) is 20.3. The average molecular weight is 520 g/mol. The number of nitrogens with zero attached hydrogens (tertiary/aromatic N) is 2. The predicted molar refractivity (Wildman–Crippen MR) is 140 cm³/mol. The van der Waals surface area contributed by atoms with E-state index >= 15 is 0 Å². The topological polar surface area (TPSA) is 76.4 Å². The van der Waals surface area contributed by atoms with E-state index in [0.29, 0.717) is 12.1 Å². The van der Waals surface area contributed by atoms with Crippen molar-refractivity contribution in [2.45, 2.75) is 31.2 Å². The minimum Gasteiger partial charge on any atom is -0.497 e. The molecular formula is C29H27ClFN3O3. The zero-order chi connectivity index (χ0) is 25.9. The molecule has 190 valence electrons. The molecule has 37 heavy (non-hydrogen) atoms. The van der Waals surface area contributed by atoms with E-state index in [2.05, 4.69) is 5.32 Å². The summed E-state index contributed by atoms with van der Waals surface area (Å²) in [5.74, 6) is -0.174. The largest absolute Gasteiger partial charge is 0.497 e. The molecule has 1 aromatic heterocycles. The Morgan fingerprint density at radius 1 is 1.19 bits per heavy atom. The number of benzene rings is 3. The van der Waals surface area contributed by atoms with E-state index in [4.69, 9.17) is 21.4 Å². The van der Waals surface area contributed by atoms with Gasteiger partial charge in [0, 0.05) is 11.5 Å². The number of nitrogens with one attached hydrogen (secondary N) is 1. The molecule has 5 rings (SSSR count). The number of aliphatic hydroxyl groups excluding tert-OH is 1. The first-order valence-corrected chi connectivity index (χ1v) is 12.6. The van der Waals surface area contributed by atoms with Crippen molar-refractivity contribution < 1.29 is 19.0 Å². The first-order valence-electron chi connectivity index (χ1n) is 12.2. The Labute approximate surface area is 219 Å². The number of aliphatic hydroxyl groups is 1. The van der Waals surface area contributed by atoms with Crippen LogP contribution in [0.25, 0.3) is 5.69 Å². The standard InChI is InChI=1S/C29H27ClFN3O3/c1-37-21-10-5-9-19(15-21)22-11-6-12-23-27(29(36)32-25(17-35)18-7-3-2-4-8-18)33-34(28(22)23)26-14-13-20(31)16-24(26)30/h2-5,7-10,13-16,22,25,35H,6,11-12,17H2,1H3,(H,32,36)/t22?,25-/m0/s1. The number of aromatic nitrogens is 2. The highest BCUT2D eigenvalue weighted by Crippen LogP contribution is 2.41. The second kappa shape index (κ2) is 10.7. The molecule has 2 N–H and O–H groups in total. The number of carbonyl (C=O) groups is 1. The number of fused-ring (bicyclic) bond motifs is 1. The molecule has 4 aromatic rings. The van der Waals surface area contributed by atoms with Crippen molar-refractivity contribution in [1.29, 1.82) is 0 Å². The fourth-order valence-corrected chi connectivity index (χ4v) is 5.28. The molecule has 0 aliphatic heterocycles. The van der Waals surface area contributed by atoms with Crippen LogP contribution in [0.2, 0.25) is 5.02 Å². The van der Waals surface area contributed by atoms with Gasteiger partial charge in [0.2, 0.25) is 0 Å². The summed E-state index contributed by atoms with van der Waals surface area (Å²) in [4.78, 5) is 13.6. The first kappa shape index (κ1) is 25.0. The van der Waals surface area contributed by atoms with Gasteiger partial charge in [-0.1, -0.05) is 54.1 Å². The summed E-state index contributed by atoms with van der Waals surface area (Å²) in [6.07, 6.45) is 2.36. The van der Waals surface area contributed by atoms with Crippen molar-refractivity contribution in [2.75, 3.05) is 13.7 Å². The lowest BCUT2D eigenvalue weighted by molar-refractivity contribution is 0.0909. The van der Waals surface area contributed by atoms with Crippen LogP contribution in [0.15, 0.2) is 72.8 Å². The van der Waals surface area contributed by atoms with Crippen LogP contribution in [-0.2, 0) is 6.42 Å². The number of halogens is 2. The molecule has 8 heteroatoms. The second-order valence-electron chi connectivity index (χ2n) is 9.06. The van der Waals surface area contributed by atoms with E-state index in [-0.39, 0.29) is 29.1 Å². The van der Waals surface area contributed by atoms with Gasteiger partial charge in [0.1, 0.15) is 11.6 Å². The smallest absolute Gasteiger partial charge is 0.272 e. The fourth-order valence-electron chi connectivity index (χ4n) is 5.04. The van der Waals surface area contributed by atoms with Crippen molar-refractivity contribution in [3.05, 3.63) is 112 Å². The molecule has 1 unspecified atom stereocenters. The van der Waals surface area contributed by atoms with Gasteiger partial charge in [0.15, 0.2) is 5.69 Å². The summed E-state index contributed by atoms with van der Waals surface area (Å²) in [6.45, 7) is -0.255. The molecule has 0 saturated heterocycles. The Balaban J connectivity index is 1.62. The van der Waals surface area contributed by atoms with E-state index < -0.39 is 11.9 Å². The van der Waals surface area contributed by atoms with Gasteiger partial charge in [0.05, 0.1) is 36.2 Å². The number of hydrogen-bond donors (Lipinski definition) is 2. The van der Waals surface area contributed by atoms with Gasteiger partial charge >= 0.3 is 0 Å². The number of amides is 1. The number of carbonyl (C=O) groups excluding carboxylic acids is 1. The maximum absolute atomic E-state index is 13.9. The third-order valence-electron chi connectivity index (χ3n) is 6.81. The van der Waals surface area contributed by atoms with E-state index in [1.54, 1.807) is 17.9 Å². The van der Waals surface area contributed by atoms with Crippen molar-refractivity contribution in [2.24, 2.45) is 0 Å². The summed E-state index contributed by atoms with van der Waals surface area (Å²) in [5, 5.41) is 17.9. The van der Waals surface area contributed by atoms with Crippen LogP contribution in [0.1, 0.15) is 57.7 Å². The molecule has 6 nitrogen and oxygen atoms in total. The van der Waals surface area contributed by atoms with Crippen LogP contribution in [0.5, 0.6) is 5.75 Å². The molecule has 0 saturated carbocycles. The van der Waals surface area contributed by atoms with Crippen molar-refractivity contribution in [1.82, 2.24) is 15.1 Å². The molecule has 0 spiro atoms. The third kappa shape index (κ3) is 4.97. The molecule has 1 aliphatic carbocycles. The van der Waals surface area contributed by atoms with E-state index in [1.165, 1.54) is 12.1 Å². The Hall–Kier alpha value is -3.68. The van der Waals surface area contributed by atoms with Crippen LogP contribution < -0.4 is 10.1 Å². The van der Waals surface area contributed by atoms with Crippen LogP contribution in [0, 0.1) is 5.82 Å². The SMILES string of the molecule is COc1cccc(C2CCCc3c(C(=O)N[C@@H](CO)c4ccccc4)nn(-c4ccc(F)cc4Cl)c32)c1. The Morgan fingerprint density at radius 2 is 2.00 bits per heavy atom. The zero-order valence-corrected chi connectivity index (χ0v) is 21.1. The number of rotatable bonds is 7. The molecule has 0 bridgehead atoms. The van der Waals surface area contributed by atoms with Gasteiger partial charge in [-0.3, -0.25) is 4.79 Å². The molecule has 3 aromatic carbocycles. The van der Waals surface area contributed by atoms with Crippen molar-refractivity contribution in [3.8, 4) is 11.4 Å². The van der Waals surface area contributed by atoms with Gasteiger partial charge in [0.25, 0.3) is 5.91 Å². The van der Waals surface area contributed by atoms with Gasteiger partial charge < -0.3 is 15.2 Å². The number of ether oxygens (including phenoxy) is 1. The van der Waals surface area contributed by atoms with E-state index in [9.17, 15) is 14.3 Å². The fraction of sp³-hybridized carbons (Fsp3) is 0.241. The highest BCUT2D eigenvalue weighted by Gasteiger charge is 2.33. The molecule has 1 aliphatic rings. The molecule has 1 heterocycles. The first-order chi connectivity index (χ1) is 18.0. The van der Waals surface area contributed by atoms with Crippen LogP contribution in [-0.4, -0.2) is 34.5 Å². The van der Waals surface area contributed by atoms with Crippen molar-refractivity contribution >= 4 is 17.5 Å². The Bertz CT molecular complexity index is 1420. The van der Waals surface area contributed by atoms with Crippen molar-refractivity contribution in [3.63, 3.8) is 0 Å². The van der Waals surface area contributed by atoms with Gasteiger partial charge in [-0.2, -0.15) is 5.10 Å². The lowest BCUT2D eigenvalue weighted by Crippen LogP contribution is -2.32. The van der Waals surface area contributed by atoms with Gasteiger partial charge in [-0.15, -0.1) is 0 Å². The minimum atomic E-state index is -0.582. The van der Waals surface area contributed by atoms with E-state index in [0.717, 1.165) is 41.0 Å². The lowest BCUT2D eigenvalue weighted by Gasteiger charge is -2.25. The van der Waals surface area contributed by atoms with Gasteiger partial charge in [-0.25, -0.2) is 9.07 Å². The van der Waals surface area contributed by atoms with E-state index in [1.807, 2.05) is 54.6 Å². The summed E-state index contributed by atoms with van der Waals surface area (Å²) in [5.41, 5.74) is 4.26. The van der Waals surface area contributed by atoms with Crippen LogP contribution in [0.3, 0.4) is 0 Å². The quantitative estimate of drug-likeness (QED) is 0.333. The summed E-state index contributed by atoms with van der Waals surface area (Å²) in [7, 11) is 1.63. The van der Waals surface area contributed by atoms with Gasteiger partial charge in [-0.05, 0) is 60.7 Å². The molecule has 0 radical (unpaired) electrons. The number of methoxy groups -OCH3 is 1. The minimum absolute atomic E-state index is 0.0724. The molecular weight excluding hydrogens is 493 g/mol. The molecule has 0 fully saturated rings. The normalized spacial score (nSPS) is 15.6. The predicted octanol–water partition coefficient (Wildman–Crippen LogP) is 5.61. The highest BCUT2D eigenvalue weighted by atomic mass is 35.5.